The Bertz CT molecular complexity index is 924. The van der Waals surface area contributed by atoms with Crippen LogP contribution in [0.25, 0.3) is 0 Å². The van der Waals surface area contributed by atoms with Crippen molar-refractivity contribution in [1.82, 2.24) is 4.90 Å². The van der Waals surface area contributed by atoms with Gasteiger partial charge in [-0.05, 0) is 61.2 Å². The number of nitrogens with zero attached hydrogens (tertiary/aromatic N) is 1. The lowest BCUT2D eigenvalue weighted by molar-refractivity contribution is -0.122. The van der Waals surface area contributed by atoms with E-state index >= 15 is 0 Å². The van der Waals surface area contributed by atoms with Crippen molar-refractivity contribution < 1.29 is 14.3 Å². The Kier molecular flexibility index (Phi) is 8.53. The van der Waals surface area contributed by atoms with Crippen LogP contribution >= 0.6 is 23.2 Å². The van der Waals surface area contributed by atoms with Crippen molar-refractivity contribution in [1.29, 1.82) is 0 Å². The topological polar surface area (TPSA) is 50.8 Å². The number of anilines is 1. The summed E-state index contributed by atoms with van der Waals surface area (Å²) in [5.74, 6) is 0.800. The standard InChI is InChI=1S/C26H32Cl2N2O3/c27-20-5-10-23(24(28)19-20)26(11-2-1-3-12-26)25(31)29-21-6-8-22(9-7-21)33-16-4-13-30-14-17-32-18-15-30/h5-10,19H,1-4,11-18H2,(H,29,31). The summed E-state index contributed by atoms with van der Waals surface area (Å²) in [6.45, 7) is 5.32. The van der Waals surface area contributed by atoms with E-state index in [2.05, 4.69) is 10.2 Å². The van der Waals surface area contributed by atoms with Gasteiger partial charge in [-0.15, -0.1) is 0 Å². The molecule has 1 heterocycles. The molecule has 33 heavy (non-hydrogen) atoms. The molecule has 0 spiro atoms. The molecule has 1 saturated carbocycles. The van der Waals surface area contributed by atoms with Crippen LogP contribution in [-0.2, 0) is 14.9 Å². The minimum Gasteiger partial charge on any atom is -0.494 e. The summed E-state index contributed by atoms with van der Waals surface area (Å²) in [5, 5.41) is 4.26. The van der Waals surface area contributed by atoms with Gasteiger partial charge in [0.15, 0.2) is 0 Å². The maximum absolute atomic E-state index is 13.5. The summed E-state index contributed by atoms with van der Waals surface area (Å²) in [5.41, 5.74) is 0.996. The van der Waals surface area contributed by atoms with Gasteiger partial charge >= 0.3 is 0 Å². The zero-order valence-corrected chi connectivity index (χ0v) is 20.5. The second-order valence-corrected chi connectivity index (χ2v) is 9.75. The Morgan fingerprint density at radius 1 is 1.03 bits per heavy atom. The van der Waals surface area contributed by atoms with E-state index in [0.29, 0.717) is 16.7 Å². The first-order valence-corrected chi connectivity index (χ1v) is 12.6. The molecule has 0 bridgehead atoms. The van der Waals surface area contributed by atoms with Gasteiger partial charge in [0.1, 0.15) is 5.75 Å². The Hall–Kier alpha value is -1.79. The molecule has 4 rings (SSSR count). The fourth-order valence-corrected chi connectivity index (χ4v) is 5.43. The summed E-state index contributed by atoms with van der Waals surface area (Å²) in [6, 6.07) is 13.1. The monoisotopic (exact) mass is 490 g/mol. The first-order chi connectivity index (χ1) is 16.1. The van der Waals surface area contributed by atoms with Crippen molar-refractivity contribution in [2.75, 3.05) is 44.8 Å². The fourth-order valence-electron chi connectivity index (χ4n) is 4.84. The van der Waals surface area contributed by atoms with Crippen LogP contribution in [-0.4, -0.2) is 50.3 Å². The lowest BCUT2D eigenvalue weighted by Crippen LogP contribution is -2.42. The van der Waals surface area contributed by atoms with Crippen molar-refractivity contribution >= 4 is 34.8 Å². The van der Waals surface area contributed by atoms with Gasteiger partial charge in [-0.3, -0.25) is 9.69 Å². The predicted octanol–water partition coefficient (Wildman–Crippen LogP) is 5.94. The second-order valence-electron chi connectivity index (χ2n) is 8.90. The number of benzene rings is 2. The van der Waals surface area contributed by atoms with E-state index in [-0.39, 0.29) is 5.91 Å². The van der Waals surface area contributed by atoms with Crippen molar-refractivity contribution in [3.8, 4) is 5.75 Å². The minimum absolute atomic E-state index is 0.00870. The zero-order chi connectivity index (χ0) is 23.1. The maximum Gasteiger partial charge on any atom is 0.235 e. The highest BCUT2D eigenvalue weighted by molar-refractivity contribution is 6.35. The molecule has 2 aliphatic rings. The summed E-state index contributed by atoms with van der Waals surface area (Å²) < 4.78 is 11.3. The van der Waals surface area contributed by atoms with Crippen LogP contribution in [0.4, 0.5) is 5.69 Å². The molecule has 1 amide bonds. The van der Waals surface area contributed by atoms with Gasteiger partial charge in [-0.1, -0.05) is 48.5 Å². The van der Waals surface area contributed by atoms with Gasteiger partial charge in [0.05, 0.1) is 25.2 Å². The molecule has 2 fully saturated rings. The van der Waals surface area contributed by atoms with Crippen molar-refractivity contribution in [2.45, 2.75) is 43.9 Å². The zero-order valence-electron chi connectivity index (χ0n) is 19.0. The quantitative estimate of drug-likeness (QED) is 0.465. The number of carbonyl (C=O) groups is 1. The van der Waals surface area contributed by atoms with Crippen LogP contribution in [0.3, 0.4) is 0 Å². The third-order valence-electron chi connectivity index (χ3n) is 6.69. The van der Waals surface area contributed by atoms with E-state index in [1.807, 2.05) is 36.4 Å². The van der Waals surface area contributed by atoms with Crippen LogP contribution in [0, 0.1) is 0 Å². The molecule has 0 unspecified atom stereocenters. The third kappa shape index (κ3) is 6.21. The van der Waals surface area contributed by atoms with E-state index in [9.17, 15) is 4.79 Å². The average Bonchev–Trinajstić information content (AvgIpc) is 2.84. The van der Waals surface area contributed by atoms with Crippen LogP contribution in [0.5, 0.6) is 5.75 Å². The number of hydrogen-bond donors (Lipinski definition) is 1. The third-order valence-corrected chi connectivity index (χ3v) is 7.24. The number of hydrogen-bond acceptors (Lipinski definition) is 4. The summed E-state index contributed by atoms with van der Waals surface area (Å²) >= 11 is 12.6. The van der Waals surface area contributed by atoms with Gasteiger partial charge in [-0.2, -0.15) is 0 Å². The predicted molar refractivity (Wildman–Crippen MR) is 134 cm³/mol. The second kappa shape index (κ2) is 11.6. The molecule has 5 nitrogen and oxygen atoms in total. The van der Waals surface area contributed by atoms with Crippen LogP contribution in [0.2, 0.25) is 10.0 Å². The number of morpholine rings is 1. The van der Waals surface area contributed by atoms with E-state index < -0.39 is 5.41 Å². The molecular formula is C26H32Cl2N2O3. The molecule has 2 aromatic rings. The highest BCUT2D eigenvalue weighted by atomic mass is 35.5. The molecule has 1 N–H and O–H groups in total. The molecule has 178 valence electrons. The molecule has 1 saturated heterocycles. The molecule has 1 aliphatic carbocycles. The van der Waals surface area contributed by atoms with Gasteiger partial charge in [-0.25, -0.2) is 0 Å². The minimum atomic E-state index is -0.630. The van der Waals surface area contributed by atoms with Crippen molar-refractivity contribution in [2.24, 2.45) is 0 Å². The molecule has 7 heteroatoms. The molecule has 0 radical (unpaired) electrons. The summed E-state index contributed by atoms with van der Waals surface area (Å²) in [6.07, 6.45) is 5.68. The van der Waals surface area contributed by atoms with Crippen LogP contribution < -0.4 is 10.1 Å². The van der Waals surface area contributed by atoms with Gasteiger partial charge < -0.3 is 14.8 Å². The molecule has 0 atom stereocenters. The van der Waals surface area contributed by atoms with Crippen LogP contribution in [0.1, 0.15) is 44.1 Å². The first-order valence-electron chi connectivity index (χ1n) is 11.9. The number of nitrogens with one attached hydrogen (secondary N) is 1. The number of amides is 1. The largest absolute Gasteiger partial charge is 0.494 e. The summed E-state index contributed by atoms with van der Waals surface area (Å²) in [7, 11) is 0. The highest BCUT2D eigenvalue weighted by Crippen LogP contribution is 2.44. The highest BCUT2D eigenvalue weighted by Gasteiger charge is 2.42. The van der Waals surface area contributed by atoms with Gasteiger partial charge in [0.25, 0.3) is 0 Å². The number of rotatable bonds is 8. The SMILES string of the molecule is O=C(Nc1ccc(OCCCN2CCOCC2)cc1)C1(c2ccc(Cl)cc2Cl)CCCCC1. The van der Waals surface area contributed by atoms with Crippen molar-refractivity contribution in [3.05, 3.63) is 58.1 Å². The van der Waals surface area contributed by atoms with Crippen molar-refractivity contribution in [3.63, 3.8) is 0 Å². The molecular weight excluding hydrogens is 459 g/mol. The molecule has 0 aromatic heterocycles. The van der Waals surface area contributed by atoms with E-state index in [4.69, 9.17) is 32.7 Å². The van der Waals surface area contributed by atoms with Gasteiger partial charge in [0.2, 0.25) is 5.91 Å². The fraction of sp³-hybridized carbons (Fsp3) is 0.500. The lowest BCUT2D eigenvalue weighted by Gasteiger charge is -2.37. The van der Waals surface area contributed by atoms with Crippen LogP contribution in [0.15, 0.2) is 42.5 Å². The maximum atomic E-state index is 13.5. The van der Waals surface area contributed by atoms with E-state index in [0.717, 1.165) is 88.4 Å². The Balaban J connectivity index is 1.35. The average molecular weight is 491 g/mol. The number of halogens is 2. The number of ether oxygens (including phenoxy) is 2. The van der Waals surface area contributed by atoms with E-state index in [1.54, 1.807) is 6.07 Å². The lowest BCUT2D eigenvalue weighted by atomic mass is 9.68. The smallest absolute Gasteiger partial charge is 0.235 e. The van der Waals surface area contributed by atoms with E-state index in [1.165, 1.54) is 0 Å². The Morgan fingerprint density at radius 2 is 1.76 bits per heavy atom. The Labute approximate surface area is 206 Å². The summed E-state index contributed by atoms with van der Waals surface area (Å²) in [4.78, 5) is 15.9. The first kappa shape index (κ1) is 24.3. The molecule has 1 aliphatic heterocycles. The Morgan fingerprint density at radius 3 is 2.45 bits per heavy atom. The van der Waals surface area contributed by atoms with Gasteiger partial charge in [0, 0.05) is 35.4 Å². The normalized spacial score (nSPS) is 18.6. The number of carbonyl (C=O) groups excluding carboxylic acids is 1. The molecule has 2 aromatic carbocycles.